The molecule has 2 amide bonds. The average molecular weight is 305 g/mol. The Morgan fingerprint density at radius 2 is 2.19 bits per heavy atom. The number of anilines is 2. The minimum absolute atomic E-state index is 0.330. The van der Waals surface area contributed by atoms with Crippen molar-refractivity contribution in [2.24, 2.45) is 5.92 Å². The molecule has 0 saturated carbocycles. The van der Waals surface area contributed by atoms with E-state index in [0.717, 1.165) is 5.56 Å². The third kappa shape index (κ3) is 4.75. The summed E-state index contributed by atoms with van der Waals surface area (Å²) in [4.78, 5) is 16.0. The van der Waals surface area contributed by atoms with Gasteiger partial charge in [-0.15, -0.1) is 11.3 Å². The number of carbonyl (C=O) groups excluding carboxylic acids is 1. The second kappa shape index (κ2) is 7.08. The summed E-state index contributed by atoms with van der Waals surface area (Å²) in [6, 6.07) is 5.36. The molecular weight excluding hydrogens is 286 g/mol. The minimum Gasteiger partial charge on any atom is -0.491 e. The Hall–Kier alpha value is -2.08. The number of urea groups is 1. The van der Waals surface area contributed by atoms with Gasteiger partial charge in [-0.2, -0.15) is 0 Å². The summed E-state index contributed by atoms with van der Waals surface area (Å²) in [6.07, 6.45) is 1.64. The van der Waals surface area contributed by atoms with Crippen LogP contribution in [0.1, 0.15) is 19.4 Å². The number of aromatic nitrogens is 1. The van der Waals surface area contributed by atoms with E-state index in [4.69, 9.17) is 4.74 Å². The normalized spacial score (nSPS) is 10.5. The lowest BCUT2D eigenvalue weighted by Gasteiger charge is -2.14. The van der Waals surface area contributed by atoms with Gasteiger partial charge in [0.05, 0.1) is 12.3 Å². The van der Waals surface area contributed by atoms with Crippen LogP contribution in [-0.2, 0) is 0 Å². The fourth-order valence-corrected chi connectivity index (χ4v) is 2.17. The first-order valence-corrected chi connectivity index (χ1v) is 7.63. The van der Waals surface area contributed by atoms with E-state index in [9.17, 15) is 4.79 Å². The van der Waals surface area contributed by atoms with Gasteiger partial charge < -0.3 is 10.1 Å². The average Bonchev–Trinajstić information content (AvgIpc) is 2.91. The highest BCUT2D eigenvalue weighted by Crippen LogP contribution is 2.26. The minimum atomic E-state index is -0.330. The van der Waals surface area contributed by atoms with E-state index in [1.807, 2.05) is 25.1 Å². The largest absolute Gasteiger partial charge is 0.491 e. The Kier molecular flexibility index (Phi) is 5.16. The van der Waals surface area contributed by atoms with Crippen molar-refractivity contribution in [3.63, 3.8) is 0 Å². The number of thiazole rings is 1. The highest BCUT2D eigenvalue weighted by atomic mass is 32.1. The molecule has 2 aromatic rings. The number of amides is 2. The molecule has 0 radical (unpaired) electrons. The molecule has 0 aliphatic carbocycles. The molecule has 5 nitrogen and oxygen atoms in total. The van der Waals surface area contributed by atoms with Crippen molar-refractivity contribution >= 4 is 28.2 Å². The van der Waals surface area contributed by atoms with E-state index in [1.54, 1.807) is 11.6 Å². The van der Waals surface area contributed by atoms with Crippen LogP contribution < -0.4 is 15.4 Å². The summed E-state index contributed by atoms with van der Waals surface area (Å²) in [5, 5.41) is 7.83. The fourth-order valence-electron chi connectivity index (χ4n) is 1.64. The highest BCUT2D eigenvalue weighted by molar-refractivity contribution is 7.13. The van der Waals surface area contributed by atoms with E-state index < -0.39 is 0 Å². The van der Waals surface area contributed by atoms with E-state index in [1.165, 1.54) is 11.3 Å². The zero-order valence-electron chi connectivity index (χ0n) is 12.3. The maximum absolute atomic E-state index is 11.9. The standard InChI is InChI=1S/C15H19N3O2S/c1-10(2)9-20-13-8-11(3)4-5-12(13)17-14(19)18-15-16-6-7-21-15/h4-8,10H,9H2,1-3H3,(H2,16,17,18,19). The summed E-state index contributed by atoms with van der Waals surface area (Å²) in [7, 11) is 0. The van der Waals surface area contributed by atoms with Crippen LogP contribution in [0.25, 0.3) is 0 Å². The third-order valence-electron chi connectivity index (χ3n) is 2.61. The van der Waals surface area contributed by atoms with Gasteiger partial charge in [-0.3, -0.25) is 5.32 Å². The number of aryl methyl sites for hydroxylation is 1. The van der Waals surface area contributed by atoms with Crippen LogP contribution >= 0.6 is 11.3 Å². The lowest BCUT2D eigenvalue weighted by atomic mass is 10.2. The molecule has 0 aliphatic rings. The number of nitrogens with zero attached hydrogens (tertiary/aromatic N) is 1. The van der Waals surface area contributed by atoms with Crippen molar-refractivity contribution in [2.45, 2.75) is 20.8 Å². The molecule has 0 bridgehead atoms. The first kappa shape index (κ1) is 15.3. The maximum Gasteiger partial charge on any atom is 0.325 e. The van der Waals surface area contributed by atoms with Gasteiger partial charge in [0.1, 0.15) is 5.75 Å². The Labute approximate surface area is 128 Å². The smallest absolute Gasteiger partial charge is 0.325 e. The molecule has 1 aromatic heterocycles. The Morgan fingerprint density at radius 1 is 1.38 bits per heavy atom. The summed E-state index contributed by atoms with van der Waals surface area (Å²) in [5.74, 6) is 1.10. The van der Waals surface area contributed by atoms with Gasteiger partial charge in [-0.1, -0.05) is 19.9 Å². The number of hydrogen-bond donors (Lipinski definition) is 2. The first-order valence-electron chi connectivity index (χ1n) is 6.75. The number of ether oxygens (including phenoxy) is 1. The number of benzene rings is 1. The topological polar surface area (TPSA) is 63.2 Å². The van der Waals surface area contributed by atoms with Crippen molar-refractivity contribution in [3.05, 3.63) is 35.3 Å². The molecule has 1 heterocycles. The quantitative estimate of drug-likeness (QED) is 0.873. The second-order valence-corrected chi connectivity index (χ2v) is 6.02. The molecule has 0 saturated heterocycles. The summed E-state index contributed by atoms with van der Waals surface area (Å²) in [5.41, 5.74) is 1.73. The Morgan fingerprint density at radius 3 is 2.86 bits per heavy atom. The van der Waals surface area contributed by atoms with Crippen molar-refractivity contribution < 1.29 is 9.53 Å². The summed E-state index contributed by atoms with van der Waals surface area (Å²) < 4.78 is 5.76. The highest BCUT2D eigenvalue weighted by Gasteiger charge is 2.10. The number of hydrogen-bond acceptors (Lipinski definition) is 4. The van der Waals surface area contributed by atoms with Crippen molar-refractivity contribution in [2.75, 3.05) is 17.2 Å². The van der Waals surface area contributed by atoms with Crippen LogP contribution in [-0.4, -0.2) is 17.6 Å². The van der Waals surface area contributed by atoms with Crippen LogP contribution in [0.2, 0.25) is 0 Å². The Bertz CT molecular complexity index is 597. The summed E-state index contributed by atoms with van der Waals surface area (Å²) in [6.45, 7) is 6.75. The monoisotopic (exact) mass is 305 g/mol. The molecular formula is C15H19N3O2S. The van der Waals surface area contributed by atoms with Crippen molar-refractivity contribution in [1.82, 2.24) is 4.98 Å². The lowest BCUT2D eigenvalue weighted by molar-refractivity contribution is 0.260. The zero-order valence-corrected chi connectivity index (χ0v) is 13.2. The Balaban J connectivity index is 2.05. The summed E-state index contributed by atoms with van der Waals surface area (Å²) >= 11 is 1.37. The fraction of sp³-hybridized carbons (Fsp3) is 0.333. The van der Waals surface area contributed by atoms with E-state index in [2.05, 4.69) is 29.5 Å². The van der Waals surface area contributed by atoms with Gasteiger partial charge in [0.25, 0.3) is 0 Å². The zero-order chi connectivity index (χ0) is 15.2. The van der Waals surface area contributed by atoms with Gasteiger partial charge in [0.15, 0.2) is 5.13 Å². The molecule has 21 heavy (non-hydrogen) atoms. The van der Waals surface area contributed by atoms with E-state index in [-0.39, 0.29) is 6.03 Å². The predicted molar refractivity (Wildman–Crippen MR) is 86.3 cm³/mol. The number of nitrogens with one attached hydrogen (secondary N) is 2. The number of carbonyl (C=O) groups is 1. The first-order chi connectivity index (χ1) is 10.0. The van der Waals surface area contributed by atoms with Gasteiger partial charge in [-0.25, -0.2) is 9.78 Å². The molecule has 0 unspecified atom stereocenters. The molecule has 0 spiro atoms. The number of rotatable bonds is 5. The van der Waals surface area contributed by atoms with Gasteiger partial charge >= 0.3 is 6.03 Å². The molecule has 1 aromatic carbocycles. The van der Waals surface area contributed by atoms with Gasteiger partial charge in [0.2, 0.25) is 0 Å². The molecule has 2 rings (SSSR count). The van der Waals surface area contributed by atoms with Crippen LogP contribution in [0.3, 0.4) is 0 Å². The molecule has 112 valence electrons. The molecule has 0 aliphatic heterocycles. The molecule has 0 atom stereocenters. The molecule has 0 fully saturated rings. The molecule has 6 heteroatoms. The van der Waals surface area contributed by atoms with E-state index in [0.29, 0.717) is 29.1 Å². The predicted octanol–water partition coefficient (Wildman–Crippen LogP) is 4.13. The van der Waals surface area contributed by atoms with Crippen LogP contribution in [0.5, 0.6) is 5.75 Å². The second-order valence-electron chi connectivity index (χ2n) is 5.12. The van der Waals surface area contributed by atoms with Crippen molar-refractivity contribution in [1.29, 1.82) is 0 Å². The van der Waals surface area contributed by atoms with Crippen LogP contribution in [0.15, 0.2) is 29.8 Å². The van der Waals surface area contributed by atoms with Crippen molar-refractivity contribution in [3.8, 4) is 5.75 Å². The maximum atomic E-state index is 11.9. The van der Waals surface area contributed by atoms with E-state index >= 15 is 0 Å². The van der Waals surface area contributed by atoms with Crippen LogP contribution in [0, 0.1) is 12.8 Å². The molecule has 2 N–H and O–H groups in total. The SMILES string of the molecule is Cc1ccc(NC(=O)Nc2nccs2)c(OCC(C)C)c1. The lowest BCUT2D eigenvalue weighted by Crippen LogP contribution is -2.20. The van der Waals surface area contributed by atoms with Gasteiger partial charge in [-0.05, 0) is 30.5 Å². The van der Waals surface area contributed by atoms with Gasteiger partial charge in [0, 0.05) is 11.6 Å². The third-order valence-corrected chi connectivity index (χ3v) is 3.30. The van der Waals surface area contributed by atoms with Crippen LogP contribution in [0.4, 0.5) is 15.6 Å².